The average Bonchev–Trinajstić information content (AvgIpc) is 3.17. The minimum absolute atomic E-state index is 0.0179. The molecule has 0 saturated heterocycles. The summed E-state index contributed by atoms with van der Waals surface area (Å²) in [6, 6.07) is 6.62. The number of carbonyl (C=O) groups is 1. The summed E-state index contributed by atoms with van der Waals surface area (Å²) in [6.45, 7) is 3.06. The molecule has 164 valence electrons. The van der Waals surface area contributed by atoms with Gasteiger partial charge in [0.1, 0.15) is 0 Å². The summed E-state index contributed by atoms with van der Waals surface area (Å²) < 4.78 is 10.9. The highest BCUT2D eigenvalue weighted by Crippen LogP contribution is 2.62. The fraction of sp³-hybridized carbons (Fsp3) is 0.652. The summed E-state index contributed by atoms with van der Waals surface area (Å²) in [5.74, 6) is 1.40. The predicted octanol–water partition coefficient (Wildman–Crippen LogP) is 3.32. The molecular weight excluding hydrogens is 398 g/mol. The third-order valence-corrected chi connectivity index (χ3v) is 8.30. The number of aliphatic imine (C=N–C) groups is 1. The molecule has 2 aliphatic carbocycles. The Bertz CT molecular complexity index is 835. The van der Waals surface area contributed by atoms with E-state index in [-0.39, 0.29) is 17.4 Å². The van der Waals surface area contributed by atoms with Crippen LogP contribution >= 0.6 is 11.8 Å². The second-order valence-corrected chi connectivity index (χ2v) is 9.86. The number of nitrogens with zero attached hydrogens (tertiary/aromatic N) is 2. The van der Waals surface area contributed by atoms with Crippen LogP contribution in [0, 0.1) is 5.41 Å². The molecule has 3 aliphatic rings. The lowest BCUT2D eigenvalue weighted by atomic mass is 9.61. The summed E-state index contributed by atoms with van der Waals surface area (Å²) >= 11 is 1.84. The molecule has 1 aliphatic heterocycles. The van der Waals surface area contributed by atoms with Crippen LogP contribution in [0.2, 0.25) is 0 Å². The van der Waals surface area contributed by atoms with Crippen LogP contribution in [0.25, 0.3) is 0 Å². The summed E-state index contributed by atoms with van der Waals surface area (Å²) in [4.78, 5) is 21.8. The van der Waals surface area contributed by atoms with E-state index in [4.69, 9.17) is 20.2 Å². The van der Waals surface area contributed by atoms with Gasteiger partial charge in [0.2, 0.25) is 0 Å². The van der Waals surface area contributed by atoms with Crippen LogP contribution in [0.15, 0.2) is 28.1 Å². The molecule has 2 N–H and O–H groups in total. The molecule has 1 fully saturated rings. The van der Waals surface area contributed by atoms with Gasteiger partial charge in [-0.2, -0.15) is 0 Å². The first-order valence-corrected chi connectivity index (χ1v) is 11.9. The first kappa shape index (κ1) is 21.7. The van der Waals surface area contributed by atoms with Crippen LogP contribution in [0.5, 0.6) is 0 Å². The number of thioether (sulfide) groups is 1. The molecule has 1 heterocycles. The highest BCUT2D eigenvalue weighted by atomic mass is 32.2. The molecule has 30 heavy (non-hydrogen) atoms. The van der Waals surface area contributed by atoms with Gasteiger partial charge in [0.15, 0.2) is 11.5 Å². The van der Waals surface area contributed by atoms with Crippen LogP contribution in [0.4, 0.5) is 0 Å². The molecule has 2 spiro atoms. The van der Waals surface area contributed by atoms with Crippen molar-refractivity contribution in [2.24, 2.45) is 16.1 Å². The van der Waals surface area contributed by atoms with Crippen molar-refractivity contribution in [3.63, 3.8) is 0 Å². The fourth-order valence-corrected chi connectivity index (χ4v) is 6.36. The molecule has 7 heteroatoms. The van der Waals surface area contributed by atoms with Crippen LogP contribution < -0.4 is 5.73 Å². The number of hydrogen-bond donors (Lipinski definition) is 1. The number of guanidine groups is 1. The lowest BCUT2D eigenvalue weighted by Crippen LogP contribution is -2.52. The average molecular weight is 432 g/mol. The van der Waals surface area contributed by atoms with Crippen molar-refractivity contribution >= 4 is 23.6 Å². The third kappa shape index (κ3) is 3.26. The molecule has 1 unspecified atom stereocenters. The van der Waals surface area contributed by atoms with E-state index in [1.807, 2.05) is 11.8 Å². The number of nitrogens with two attached hydrogens (primary N) is 1. The summed E-state index contributed by atoms with van der Waals surface area (Å²) in [6.07, 6.45) is 5.97. The molecule has 0 bridgehead atoms. The molecule has 1 aromatic carbocycles. The molecule has 1 amide bonds. The van der Waals surface area contributed by atoms with Crippen molar-refractivity contribution < 1.29 is 14.3 Å². The number of carbonyl (C=O) groups excluding carboxylic acids is 1. The van der Waals surface area contributed by atoms with Gasteiger partial charge in [-0.15, -0.1) is 11.8 Å². The van der Waals surface area contributed by atoms with Gasteiger partial charge in [-0.1, -0.05) is 13.0 Å². The number of benzene rings is 1. The highest BCUT2D eigenvalue weighted by molar-refractivity contribution is 7.99. The zero-order chi connectivity index (χ0) is 21.4. The van der Waals surface area contributed by atoms with Crippen molar-refractivity contribution in [2.45, 2.75) is 62.0 Å². The normalized spacial score (nSPS) is 30.4. The van der Waals surface area contributed by atoms with Crippen molar-refractivity contribution in [1.82, 2.24) is 4.90 Å². The summed E-state index contributed by atoms with van der Waals surface area (Å²) in [5, 5.41) is 0. The molecule has 1 aromatic rings. The number of amides is 1. The highest BCUT2D eigenvalue weighted by Gasteiger charge is 2.66. The van der Waals surface area contributed by atoms with E-state index in [2.05, 4.69) is 25.1 Å². The smallest absolute Gasteiger partial charge is 0.262 e. The minimum Gasteiger partial charge on any atom is -0.383 e. The lowest BCUT2D eigenvalue weighted by Gasteiger charge is -2.45. The van der Waals surface area contributed by atoms with Crippen LogP contribution in [-0.2, 0) is 26.2 Å². The van der Waals surface area contributed by atoms with Gasteiger partial charge in [-0.05, 0) is 67.5 Å². The van der Waals surface area contributed by atoms with Crippen molar-refractivity contribution in [3.8, 4) is 0 Å². The second kappa shape index (κ2) is 8.52. The molecule has 0 aromatic heterocycles. The molecular formula is C23H33N3O3S. The Hall–Kier alpha value is -1.57. The van der Waals surface area contributed by atoms with Gasteiger partial charge in [0.05, 0.1) is 19.3 Å². The standard InChI is InChI=1S/C23H33N3O3S/c1-4-13-30-18-6-5-16-15-22(9-7-17(29-3)8-10-22)23(19(16)14-18)20(27)26(11-12-28-2)21(24)25-23/h5-6,14,17H,4,7-13,15H2,1-3H3,(H2,24,25). The maximum absolute atomic E-state index is 14.0. The van der Waals surface area contributed by atoms with E-state index in [1.54, 1.807) is 19.1 Å². The van der Waals surface area contributed by atoms with Gasteiger partial charge in [0, 0.05) is 24.5 Å². The molecule has 4 rings (SSSR count). The first-order valence-electron chi connectivity index (χ1n) is 11.0. The summed E-state index contributed by atoms with van der Waals surface area (Å²) in [5.41, 5.74) is 7.51. The van der Waals surface area contributed by atoms with Gasteiger partial charge >= 0.3 is 0 Å². The van der Waals surface area contributed by atoms with E-state index in [1.165, 1.54) is 10.5 Å². The molecule has 6 nitrogen and oxygen atoms in total. The Kier molecular flexibility index (Phi) is 6.15. The van der Waals surface area contributed by atoms with Crippen molar-refractivity contribution in [3.05, 3.63) is 29.3 Å². The lowest BCUT2D eigenvalue weighted by molar-refractivity contribution is -0.138. The van der Waals surface area contributed by atoms with Gasteiger partial charge < -0.3 is 15.2 Å². The SMILES string of the molecule is CCCSc1ccc2c(c1)C1(N=C(N)N(CCOC)C1=O)C1(CCC(OC)CC1)C2. The number of methoxy groups -OCH3 is 2. The zero-order valence-electron chi connectivity index (χ0n) is 18.3. The Labute approximate surface area is 183 Å². The predicted molar refractivity (Wildman–Crippen MR) is 120 cm³/mol. The Morgan fingerprint density at radius 3 is 2.73 bits per heavy atom. The maximum atomic E-state index is 14.0. The zero-order valence-corrected chi connectivity index (χ0v) is 19.1. The maximum Gasteiger partial charge on any atom is 0.262 e. The minimum atomic E-state index is -0.915. The topological polar surface area (TPSA) is 77.1 Å². The van der Waals surface area contributed by atoms with E-state index in [0.29, 0.717) is 19.1 Å². The third-order valence-electron chi connectivity index (χ3n) is 7.10. The van der Waals surface area contributed by atoms with Crippen molar-refractivity contribution in [2.75, 3.05) is 33.1 Å². The first-order chi connectivity index (χ1) is 14.5. The number of fused-ring (bicyclic) bond motifs is 3. The number of ether oxygens (including phenoxy) is 2. The monoisotopic (exact) mass is 431 g/mol. The van der Waals surface area contributed by atoms with E-state index in [0.717, 1.165) is 49.8 Å². The molecule has 1 saturated carbocycles. The van der Waals surface area contributed by atoms with E-state index in [9.17, 15) is 4.79 Å². The van der Waals surface area contributed by atoms with Crippen LogP contribution in [0.3, 0.4) is 0 Å². The number of hydrogen-bond acceptors (Lipinski definition) is 6. The molecule has 0 radical (unpaired) electrons. The second-order valence-electron chi connectivity index (χ2n) is 8.69. The van der Waals surface area contributed by atoms with Crippen LogP contribution in [-0.4, -0.2) is 56.0 Å². The largest absolute Gasteiger partial charge is 0.383 e. The Morgan fingerprint density at radius 2 is 2.07 bits per heavy atom. The Balaban J connectivity index is 1.79. The fourth-order valence-electron chi connectivity index (χ4n) is 5.55. The summed E-state index contributed by atoms with van der Waals surface area (Å²) in [7, 11) is 3.42. The van der Waals surface area contributed by atoms with E-state index >= 15 is 0 Å². The number of rotatable bonds is 7. The van der Waals surface area contributed by atoms with Gasteiger partial charge in [-0.3, -0.25) is 9.69 Å². The van der Waals surface area contributed by atoms with Crippen LogP contribution in [0.1, 0.15) is 50.2 Å². The van der Waals surface area contributed by atoms with Gasteiger partial charge in [0.25, 0.3) is 5.91 Å². The van der Waals surface area contributed by atoms with Crippen molar-refractivity contribution in [1.29, 1.82) is 0 Å². The quantitative estimate of drug-likeness (QED) is 0.670. The van der Waals surface area contributed by atoms with Gasteiger partial charge in [-0.25, -0.2) is 4.99 Å². The Morgan fingerprint density at radius 1 is 1.30 bits per heavy atom. The molecule has 1 atom stereocenters. The van der Waals surface area contributed by atoms with E-state index < -0.39 is 5.54 Å².